The molecular weight excluding hydrogens is 336 g/mol. The molecule has 1 aromatic heterocycles. The Hall–Kier alpha value is -3.25. The number of hydrogen-bond donors (Lipinski definition) is 2. The van der Waals surface area contributed by atoms with E-state index in [0.29, 0.717) is 27.5 Å². The molecule has 0 saturated carbocycles. The summed E-state index contributed by atoms with van der Waals surface area (Å²) in [5, 5.41) is 6.16. The lowest BCUT2D eigenvalue weighted by atomic mass is 10.1. The molecule has 0 aliphatic carbocycles. The molecule has 2 heterocycles. The van der Waals surface area contributed by atoms with Crippen LogP contribution < -0.4 is 16.1 Å². The third-order valence-electron chi connectivity index (χ3n) is 3.86. The zero-order valence-corrected chi connectivity index (χ0v) is 13.7. The Morgan fingerprint density at radius 1 is 0.960 bits per heavy atom. The van der Waals surface area contributed by atoms with E-state index in [4.69, 9.17) is 16.6 Å². The second kappa shape index (κ2) is 5.99. The molecule has 1 fully saturated rings. The molecule has 0 bridgehead atoms. The van der Waals surface area contributed by atoms with Crippen LogP contribution in [0.3, 0.4) is 0 Å². The molecule has 2 aromatic carbocycles. The fourth-order valence-electron chi connectivity index (χ4n) is 2.64. The summed E-state index contributed by atoms with van der Waals surface area (Å²) in [6.45, 7) is 0. The van der Waals surface area contributed by atoms with E-state index in [-0.39, 0.29) is 11.3 Å². The quantitative estimate of drug-likeness (QED) is 0.550. The Morgan fingerprint density at radius 3 is 2.44 bits per heavy atom. The van der Waals surface area contributed by atoms with Gasteiger partial charge < -0.3 is 9.73 Å². The van der Waals surface area contributed by atoms with Crippen molar-refractivity contribution < 1.29 is 9.21 Å². The molecule has 25 heavy (non-hydrogen) atoms. The van der Waals surface area contributed by atoms with Crippen LogP contribution in [0.5, 0.6) is 0 Å². The molecule has 4 rings (SSSR count). The maximum absolute atomic E-state index is 12.2. The van der Waals surface area contributed by atoms with Gasteiger partial charge in [0.05, 0.1) is 5.39 Å². The van der Waals surface area contributed by atoms with Crippen LogP contribution in [0.2, 0.25) is 0 Å². The van der Waals surface area contributed by atoms with Crippen molar-refractivity contribution in [2.24, 2.45) is 0 Å². The minimum absolute atomic E-state index is 0.0802. The van der Waals surface area contributed by atoms with E-state index >= 15 is 0 Å². The standard InChI is InChI=1S/C19H12N2O3S/c22-15-10-17(24-16-4-2-1-3-13(15)16)12-7-5-11(6-8-12)9-14-18(23)21-19(25)20-14/h1-10H,(H2,20,21,23,25)/b14-9-. The molecule has 1 amide bonds. The number of rotatable bonds is 2. The highest BCUT2D eigenvalue weighted by molar-refractivity contribution is 7.80. The maximum atomic E-state index is 12.2. The second-order valence-electron chi connectivity index (χ2n) is 5.56. The van der Waals surface area contributed by atoms with Crippen LogP contribution in [0.1, 0.15) is 5.56 Å². The van der Waals surface area contributed by atoms with E-state index in [9.17, 15) is 9.59 Å². The molecule has 0 unspecified atom stereocenters. The van der Waals surface area contributed by atoms with Gasteiger partial charge in [-0.1, -0.05) is 36.4 Å². The second-order valence-corrected chi connectivity index (χ2v) is 5.97. The topological polar surface area (TPSA) is 71.3 Å². The van der Waals surface area contributed by atoms with Gasteiger partial charge >= 0.3 is 0 Å². The van der Waals surface area contributed by atoms with E-state index in [1.54, 1.807) is 24.3 Å². The fourth-order valence-corrected chi connectivity index (χ4v) is 2.84. The Labute approximate surface area is 148 Å². The molecule has 1 aliphatic rings. The minimum atomic E-state index is -0.255. The van der Waals surface area contributed by atoms with Gasteiger partial charge in [0.25, 0.3) is 5.91 Å². The van der Waals surface area contributed by atoms with Gasteiger partial charge in [-0.25, -0.2) is 0 Å². The summed E-state index contributed by atoms with van der Waals surface area (Å²) < 4.78 is 5.82. The van der Waals surface area contributed by atoms with Crippen molar-refractivity contribution in [3.8, 4) is 11.3 Å². The molecule has 0 atom stereocenters. The van der Waals surface area contributed by atoms with Gasteiger partial charge in [-0.2, -0.15) is 0 Å². The highest BCUT2D eigenvalue weighted by Crippen LogP contribution is 2.23. The van der Waals surface area contributed by atoms with Crippen LogP contribution in [-0.4, -0.2) is 11.0 Å². The number of fused-ring (bicyclic) bond motifs is 1. The number of thiocarbonyl (C=S) groups is 1. The van der Waals surface area contributed by atoms with Crippen LogP contribution in [0.25, 0.3) is 28.4 Å². The van der Waals surface area contributed by atoms with E-state index in [2.05, 4.69) is 10.6 Å². The number of carbonyl (C=O) groups excluding carboxylic acids is 1. The highest BCUT2D eigenvalue weighted by Gasteiger charge is 2.19. The van der Waals surface area contributed by atoms with Crippen molar-refractivity contribution in [3.05, 3.63) is 76.1 Å². The molecule has 2 N–H and O–H groups in total. The minimum Gasteiger partial charge on any atom is -0.456 e. The summed E-state index contributed by atoms with van der Waals surface area (Å²) in [6, 6.07) is 16.0. The van der Waals surface area contributed by atoms with Crippen LogP contribution in [0.15, 0.2) is 69.5 Å². The molecule has 5 nitrogen and oxygen atoms in total. The van der Waals surface area contributed by atoms with Gasteiger partial charge in [0.2, 0.25) is 0 Å². The Bertz CT molecular complexity index is 1100. The van der Waals surface area contributed by atoms with Crippen LogP contribution >= 0.6 is 12.2 Å². The number of nitrogens with one attached hydrogen (secondary N) is 2. The number of hydrogen-bond acceptors (Lipinski definition) is 4. The lowest BCUT2D eigenvalue weighted by molar-refractivity contribution is -0.115. The smallest absolute Gasteiger partial charge is 0.273 e. The third-order valence-corrected chi connectivity index (χ3v) is 4.06. The van der Waals surface area contributed by atoms with Crippen molar-refractivity contribution in [3.63, 3.8) is 0 Å². The largest absolute Gasteiger partial charge is 0.456 e. The lowest BCUT2D eigenvalue weighted by Gasteiger charge is -2.04. The first-order valence-electron chi connectivity index (χ1n) is 7.57. The summed E-state index contributed by atoms with van der Waals surface area (Å²) in [4.78, 5) is 23.9. The third kappa shape index (κ3) is 2.95. The van der Waals surface area contributed by atoms with Crippen molar-refractivity contribution >= 4 is 40.3 Å². The van der Waals surface area contributed by atoms with Crippen molar-refractivity contribution in [2.75, 3.05) is 0 Å². The van der Waals surface area contributed by atoms with Crippen LogP contribution in [-0.2, 0) is 4.79 Å². The molecule has 122 valence electrons. The summed E-state index contributed by atoms with van der Waals surface area (Å²) >= 11 is 4.90. The van der Waals surface area contributed by atoms with Gasteiger partial charge in [-0.3, -0.25) is 14.9 Å². The van der Waals surface area contributed by atoms with E-state index in [1.165, 1.54) is 6.07 Å². The van der Waals surface area contributed by atoms with E-state index in [0.717, 1.165) is 11.1 Å². The van der Waals surface area contributed by atoms with Crippen molar-refractivity contribution in [2.45, 2.75) is 0 Å². The normalized spacial score (nSPS) is 15.4. The van der Waals surface area contributed by atoms with Crippen molar-refractivity contribution in [1.29, 1.82) is 0 Å². The lowest BCUT2D eigenvalue weighted by Crippen LogP contribution is -2.21. The van der Waals surface area contributed by atoms with Gasteiger partial charge in [0, 0.05) is 11.6 Å². The van der Waals surface area contributed by atoms with Crippen LogP contribution in [0, 0.1) is 0 Å². The molecule has 3 aromatic rings. The Kier molecular flexibility index (Phi) is 3.66. The molecular formula is C19H12N2O3S. The highest BCUT2D eigenvalue weighted by atomic mass is 32.1. The zero-order valence-electron chi connectivity index (χ0n) is 12.9. The van der Waals surface area contributed by atoms with Gasteiger partial charge in [-0.05, 0) is 36.0 Å². The van der Waals surface area contributed by atoms with E-state index < -0.39 is 0 Å². The number of benzene rings is 2. The molecule has 1 saturated heterocycles. The SMILES string of the molecule is O=C1NC(=S)N/C1=C\c1ccc(-c2cc(=O)c3ccccc3o2)cc1. The number of para-hydroxylation sites is 1. The Morgan fingerprint density at radius 2 is 1.72 bits per heavy atom. The summed E-state index contributed by atoms with van der Waals surface area (Å²) in [6.07, 6.45) is 1.70. The predicted molar refractivity (Wildman–Crippen MR) is 99.8 cm³/mol. The van der Waals surface area contributed by atoms with E-state index in [1.807, 2.05) is 30.3 Å². The van der Waals surface area contributed by atoms with Gasteiger partial charge in [0.1, 0.15) is 17.0 Å². The van der Waals surface area contributed by atoms with Crippen LogP contribution in [0.4, 0.5) is 0 Å². The molecule has 6 heteroatoms. The summed E-state index contributed by atoms with van der Waals surface area (Å²) in [5.74, 6) is 0.246. The first kappa shape index (κ1) is 15.3. The number of amides is 1. The summed E-state index contributed by atoms with van der Waals surface area (Å²) in [7, 11) is 0. The Balaban J connectivity index is 1.69. The zero-order chi connectivity index (χ0) is 17.4. The fraction of sp³-hybridized carbons (Fsp3) is 0. The summed E-state index contributed by atoms with van der Waals surface area (Å²) in [5.41, 5.74) is 2.48. The molecule has 0 radical (unpaired) electrons. The van der Waals surface area contributed by atoms with Gasteiger partial charge in [0.15, 0.2) is 10.5 Å². The molecule has 1 aliphatic heterocycles. The average molecular weight is 348 g/mol. The first-order valence-corrected chi connectivity index (χ1v) is 7.98. The first-order chi connectivity index (χ1) is 12.1. The monoisotopic (exact) mass is 348 g/mol. The van der Waals surface area contributed by atoms with Gasteiger partial charge in [-0.15, -0.1) is 0 Å². The number of carbonyl (C=O) groups is 1. The molecule has 0 spiro atoms. The van der Waals surface area contributed by atoms with Crippen molar-refractivity contribution in [1.82, 2.24) is 10.6 Å². The predicted octanol–water partition coefficient (Wildman–Crippen LogP) is 2.81. The average Bonchev–Trinajstić information content (AvgIpc) is 2.93. The maximum Gasteiger partial charge on any atom is 0.273 e.